The van der Waals surface area contributed by atoms with Crippen LogP contribution >= 0.6 is 11.6 Å². The molecule has 0 saturated carbocycles. The standard InChI is InChI=1S/C15H23ClN2O2/c1-10(9-17-14(19)20-15(3,4)5)18-13-8-6-7-12(16)11(13)2/h6-8,10,18H,9H2,1-5H3,(H,17,19). The largest absolute Gasteiger partial charge is 0.444 e. The molecule has 1 aromatic carbocycles. The number of carbonyl (C=O) groups is 1. The lowest BCUT2D eigenvalue weighted by atomic mass is 10.2. The summed E-state index contributed by atoms with van der Waals surface area (Å²) in [5, 5.41) is 6.78. The highest BCUT2D eigenvalue weighted by Crippen LogP contribution is 2.23. The lowest BCUT2D eigenvalue weighted by Gasteiger charge is -2.22. The van der Waals surface area contributed by atoms with Gasteiger partial charge in [0.05, 0.1) is 0 Å². The van der Waals surface area contributed by atoms with Crippen LogP contribution in [0.25, 0.3) is 0 Å². The SMILES string of the molecule is Cc1c(Cl)cccc1NC(C)CNC(=O)OC(C)(C)C. The Labute approximate surface area is 125 Å². The van der Waals surface area contributed by atoms with Crippen molar-refractivity contribution in [3.8, 4) is 0 Å². The first-order chi connectivity index (χ1) is 9.19. The molecule has 1 rings (SSSR count). The van der Waals surface area contributed by atoms with Gasteiger partial charge in [0, 0.05) is 23.3 Å². The smallest absolute Gasteiger partial charge is 0.407 e. The van der Waals surface area contributed by atoms with E-state index in [0.717, 1.165) is 16.3 Å². The number of nitrogens with one attached hydrogen (secondary N) is 2. The Morgan fingerprint density at radius 1 is 1.40 bits per heavy atom. The van der Waals surface area contributed by atoms with Crippen molar-refractivity contribution in [2.75, 3.05) is 11.9 Å². The molecule has 0 saturated heterocycles. The van der Waals surface area contributed by atoms with Gasteiger partial charge in [0.2, 0.25) is 0 Å². The van der Waals surface area contributed by atoms with Gasteiger partial charge in [0.25, 0.3) is 0 Å². The minimum Gasteiger partial charge on any atom is -0.444 e. The number of ether oxygens (including phenoxy) is 1. The number of alkyl carbamates (subject to hydrolysis) is 1. The second-order valence-electron chi connectivity index (χ2n) is 5.84. The van der Waals surface area contributed by atoms with E-state index in [9.17, 15) is 4.79 Å². The summed E-state index contributed by atoms with van der Waals surface area (Å²) in [6.07, 6.45) is -0.408. The van der Waals surface area contributed by atoms with Crippen molar-refractivity contribution in [1.82, 2.24) is 5.32 Å². The predicted molar refractivity (Wildman–Crippen MR) is 83.5 cm³/mol. The van der Waals surface area contributed by atoms with E-state index in [1.165, 1.54) is 0 Å². The Morgan fingerprint density at radius 2 is 2.05 bits per heavy atom. The molecule has 0 fully saturated rings. The maximum absolute atomic E-state index is 11.6. The van der Waals surface area contributed by atoms with E-state index in [0.29, 0.717) is 6.54 Å². The summed E-state index contributed by atoms with van der Waals surface area (Å²) in [5.74, 6) is 0. The van der Waals surface area contributed by atoms with E-state index in [1.54, 1.807) is 0 Å². The topological polar surface area (TPSA) is 50.4 Å². The first kappa shape index (κ1) is 16.6. The van der Waals surface area contributed by atoms with E-state index >= 15 is 0 Å². The van der Waals surface area contributed by atoms with Crippen LogP contribution in [0.5, 0.6) is 0 Å². The molecule has 0 aliphatic heterocycles. The number of amides is 1. The van der Waals surface area contributed by atoms with E-state index in [2.05, 4.69) is 10.6 Å². The average molecular weight is 299 g/mol. The van der Waals surface area contributed by atoms with Gasteiger partial charge in [-0.05, 0) is 52.3 Å². The number of benzene rings is 1. The lowest BCUT2D eigenvalue weighted by molar-refractivity contribution is 0.0526. The molecular weight excluding hydrogens is 276 g/mol. The number of anilines is 1. The molecule has 20 heavy (non-hydrogen) atoms. The first-order valence-corrected chi connectivity index (χ1v) is 7.05. The Morgan fingerprint density at radius 3 is 2.65 bits per heavy atom. The third-order valence-electron chi connectivity index (χ3n) is 2.62. The Kier molecular flexibility index (Phi) is 5.69. The zero-order valence-corrected chi connectivity index (χ0v) is 13.5. The van der Waals surface area contributed by atoms with Gasteiger partial charge in [-0.25, -0.2) is 4.79 Å². The van der Waals surface area contributed by atoms with Crippen LogP contribution in [0.1, 0.15) is 33.3 Å². The number of hydrogen-bond acceptors (Lipinski definition) is 3. The molecule has 0 aliphatic carbocycles. The Balaban J connectivity index is 2.46. The maximum atomic E-state index is 11.6. The zero-order chi connectivity index (χ0) is 15.3. The Hall–Kier alpha value is -1.42. The molecule has 1 amide bonds. The number of halogens is 1. The Bertz CT molecular complexity index is 469. The summed E-state index contributed by atoms with van der Waals surface area (Å²) in [5.41, 5.74) is 1.49. The quantitative estimate of drug-likeness (QED) is 0.884. The summed E-state index contributed by atoms with van der Waals surface area (Å²) in [6.45, 7) is 9.92. The molecule has 112 valence electrons. The molecule has 0 spiro atoms. The molecule has 0 aliphatic rings. The van der Waals surface area contributed by atoms with Gasteiger partial charge in [-0.15, -0.1) is 0 Å². The van der Waals surface area contributed by atoms with Crippen molar-refractivity contribution in [3.63, 3.8) is 0 Å². The zero-order valence-electron chi connectivity index (χ0n) is 12.7. The molecule has 0 aromatic heterocycles. The fraction of sp³-hybridized carbons (Fsp3) is 0.533. The summed E-state index contributed by atoms with van der Waals surface area (Å²) < 4.78 is 5.18. The number of carbonyl (C=O) groups excluding carboxylic acids is 1. The summed E-state index contributed by atoms with van der Waals surface area (Å²) in [6, 6.07) is 5.78. The fourth-order valence-corrected chi connectivity index (χ4v) is 1.81. The average Bonchev–Trinajstić information content (AvgIpc) is 2.30. The van der Waals surface area contributed by atoms with Crippen LogP contribution in [0.15, 0.2) is 18.2 Å². The third kappa shape index (κ3) is 5.70. The molecule has 0 bridgehead atoms. The molecule has 1 unspecified atom stereocenters. The maximum Gasteiger partial charge on any atom is 0.407 e. The minimum absolute atomic E-state index is 0.0692. The first-order valence-electron chi connectivity index (χ1n) is 6.67. The highest BCUT2D eigenvalue weighted by molar-refractivity contribution is 6.31. The fourth-order valence-electron chi connectivity index (χ4n) is 1.63. The van der Waals surface area contributed by atoms with Crippen molar-refractivity contribution < 1.29 is 9.53 Å². The van der Waals surface area contributed by atoms with E-state index in [1.807, 2.05) is 52.8 Å². The van der Waals surface area contributed by atoms with E-state index in [4.69, 9.17) is 16.3 Å². The highest BCUT2D eigenvalue weighted by atomic mass is 35.5. The van der Waals surface area contributed by atoms with Crippen LogP contribution in [0.2, 0.25) is 5.02 Å². The normalized spacial score (nSPS) is 12.7. The molecule has 0 radical (unpaired) electrons. The monoisotopic (exact) mass is 298 g/mol. The lowest BCUT2D eigenvalue weighted by Crippen LogP contribution is -2.38. The van der Waals surface area contributed by atoms with Gasteiger partial charge in [-0.2, -0.15) is 0 Å². The number of hydrogen-bond donors (Lipinski definition) is 2. The molecule has 5 heteroatoms. The van der Waals surface area contributed by atoms with Crippen LogP contribution in [0.4, 0.5) is 10.5 Å². The van der Waals surface area contributed by atoms with Crippen LogP contribution in [0.3, 0.4) is 0 Å². The van der Waals surface area contributed by atoms with Crippen molar-refractivity contribution in [2.24, 2.45) is 0 Å². The van der Waals surface area contributed by atoms with Crippen molar-refractivity contribution in [3.05, 3.63) is 28.8 Å². The van der Waals surface area contributed by atoms with Crippen molar-refractivity contribution >= 4 is 23.4 Å². The van der Waals surface area contributed by atoms with Gasteiger partial charge >= 0.3 is 6.09 Å². The summed E-state index contributed by atoms with van der Waals surface area (Å²) in [7, 11) is 0. The second-order valence-corrected chi connectivity index (χ2v) is 6.25. The third-order valence-corrected chi connectivity index (χ3v) is 3.03. The second kappa shape index (κ2) is 6.84. The molecular formula is C15H23ClN2O2. The molecule has 4 nitrogen and oxygen atoms in total. The van der Waals surface area contributed by atoms with Crippen LogP contribution in [-0.4, -0.2) is 24.3 Å². The molecule has 0 heterocycles. The highest BCUT2D eigenvalue weighted by Gasteiger charge is 2.16. The summed E-state index contributed by atoms with van der Waals surface area (Å²) in [4.78, 5) is 11.6. The van der Waals surface area contributed by atoms with Gasteiger partial charge < -0.3 is 15.4 Å². The molecule has 1 aromatic rings. The van der Waals surface area contributed by atoms with Gasteiger partial charge in [0.15, 0.2) is 0 Å². The van der Waals surface area contributed by atoms with E-state index < -0.39 is 11.7 Å². The van der Waals surface area contributed by atoms with Crippen LogP contribution < -0.4 is 10.6 Å². The molecule has 1 atom stereocenters. The van der Waals surface area contributed by atoms with Crippen LogP contribution in [0, 0.1) is 6.92 Å². The van der Waals surface area contributed by atoms with Crippen molar-refractivity contribution in [2.45, 2.75) is 46.3 Å². The summed E-state index contributed by atoms with van der Waals surface area (Å²) >= 11 is 6.07. The van der Waals surface area contributed by atoms with Gasteiger partial charge in [-0.3, -0.25) is 0 Å². The van der Waals surface area contributed by atoms with Gasteiger partial charge in [0.1, 0.15) is 5.60 Å². The van der Waals surface area contributed by atoms with Crippen molar-refractivity contribution in [1.29, 1.82) is 0 Å². The van der Waals surface area contributed by atoms with E-state index in [-0.39, 0.29) is 6.04 Å². The van der Waals surface area contributed by atoms with Crippen LogP contribution in [-0.2, 0) is 4.74 Å². The number of rotatable bonds is 4. The van der Waals surface area contributed by atoms with Gasteiger partial charge in [-0.1, -0.05) is 17.7 Å². The molecule has 2 N–H and O–H groups in total. The minimum atomic E-state index is -0.482. The predicted octanol–water partition coefficient (Wildman–Crippen LogP) is 3.97.